The molecular weight excluding hydrogens is 600 g/mol. The molecule has 11 atom stereocenters. The highest BCUT2D eigenvalue weighted by Gasteiger charge is 2.66. The van der Waals surface area contributed by atoms with Crippen LogP contribution in [0.15, 0.2) is 29.2 Å². The van der Waals surface area contributed by atoms with Gasteiger partial charge < -0.3 is 25.8 Å². The van der Waals surface area contributed by atoms with Crippen molar-refractivity contribution in [2.24, 2.45) is 52.3 Å². The van der Waals surface area contributed by atoms with Crippen LogP contribution in [0, 0.1) is 57.7 Å². The Morgan fingerprint density at radius 2 is 1.70 bits per heavy atom. The van der Waals surface area contributed by atoms with E-state index in [1.165, 1.54) is 6.42 Å². The second-order valence-corrected chi connectivity index (χ2v) is 17.7. The molecule has 4 saturated carbocycles. The number of nitrogens with one attached hydrogen (secondary N) is 3. The molecule has 4 aliphatic carbocycles. The number of aliphatic hydroxyl groups excluding tert-OH is 2. The topological polar surface area (TPSA) is 143 Å². The largest absolute Gasteiger partial charge is 0.393 e. The maximum atomic E-state index is 13.0. The lowest BCUT2D eigenvalue weighted by atomic mass is 9.41. The molecule has 256 valence electrons. The van der Waals surface area contributed by atoms with E-state index in [0.717, 1.165) is 70.1 Å². The SMILES string of the molecule is CC[C@H]1[C@@H](O)C2C(CC[C@]3(C)C([C@H](C)CNC(=O)NS(=O)(=O)c4ccc(N5CCCCC5)cc4)C(=N)C[C@@H]23)C2(C)CC[C@@H](O)C[C@@H]12. The molecule has 2 amide bonds. The molecule has 4 unspecified atom stereocenters. The van der Waals surface area contributed by atoms with Gasteiger partial charge in [-0.15, -0.1) is 0 Å². The third kappa shape index (κ3) is 5.78. The van der Waals surface area contributed by atoms with Crippen molar-refractivity contribution >= 4 is 27.5 Å². The molecule has 1 saturated heterocycles. The Hall–Kier alpha value is -2.17. The third-order valence-electron chi connectivity index (χ3n) is 13.6. The quantitative estimate of drug-likeness (QED) is 0.260. The summed E-state index contributed by atoms with van der Waals surface area (Å²) in [6.07, 6.45) is 8.90. The molecule has 0 aromatic heterocycles. The summed E-state index contributed by atoms with van der Waals surface area (Å²) in [5.74, 6) is 1.07. The lowest BCUT2D eigenvalue weighted by Crippen LogP contribution is -2.62. The van der Waals surface area contributed by atoms with E-state index in [1.807, 2.05) is 12.1 Å². The minimum atomic E-state index is -4.03. The van der Waals surface area contributed by atoms with E-state index in [2.05, 4.69) is 42.6 Å². The number of amides is 2. The molecule has 46 heavy (non-hydrogen) atoms. The Morgan fingerprint density at radius 1 is 1.02 bits per heavy atom. The molecule has 5 fully saturated rings. The van der Waals surface area contributed by atoms with Crippen LogP contribution in [0.25, 0.3) is 0 Å². The van der Waals surface area contributed by atoms with Crippen molar-refractivity contribution in [3.8, 4) is 0 Å². The van der Waals surface area contributed by atoms with Gasteiger partial charge in [-0.25, -0.2) is 17.9 Å². The summed E-state index contributed by atoms with van der Waals surface area (Å²) >= 11 is 0. The average Bonchev–Trinajstić information content (AvgIpc) is 3.31. The summed E-state index contributed by atoms with van der Waals surface area (Å²) in [6, 6.07) is 5.97. The fraction of sp³-hybridized carbons (Fsp3) is 0.778. The van der Waals surface area contributed by atoms with Crippen LogP contribution in [0.1, 0.15) is 91.9 Å². The predicted molar refractivity (Wildman–Crippen MR) is 180 cm³/mol. The lowest BCUT2D eigenvalue weighted by Gasteiger charge is -2.64. The number of carbonyl (C=O) groups excluding carboxylic acids is 1. The smallest absolute Gasteiger partial charge is 0.328 e. The van der Waals surface area contributed by atoms with Crippen molar-refractivity contribution in [2.45, 2.75) is 109 Å². The molecule has 0 radical (unpaired) electrons. The Morgan fingerprint density at radius 3 is 2.37 bits per heavy atom. The number of aliphatic hydroxyl groups is 2. The molecule has 1 aromatic rings. The van der Waals surface area contributed by atoms with Crippen molar-refractivity contribution in [3.05, 3.63) is 24.3 Å². The monoisotopic (exact) mass is 656 g/mol. The van der Waals surface area contributed by atoms with E-state index in [0.29, 0.717) is 24.0 Å². The zero-order valence-electron chi connectivity index (χ0n) is 28.2. The van der Waals surface area contributed by atoms with E-state index in [-0.39, 0.29) is 58.0 Å². The minimum Gasteiger partial charge on any atom is -0.393 e. The maximum Gasteiger partial charge on any atom is 0.328 e. The number of piperidine rings is 1. The highest BCUT2D eigenvalue weighted by molar-refractivity contribution is 7.90. The molecule has 9 nitrogen and oxygen atoms in total. The van der Waals surface area contributed by atoms with Crippen molar-refractivity contribution in [2.75, 3.05) is 24.5 Å². The molecule has 0 spiro atoms. The molecular formula is C36H56N4O5S. The number of fused-ring (bicyclic) bond motifs is 5. The summed E-state index contributed by atoms with van der Waals surface area (Å²) < 4.78 is 28.2. The Labute approximate surface area is 275 Å². The summed E-state index contributed by atoms with van der Waals surface area (Å²) in [5, 5.41) is 34.5. The van der Waals surface area contributed by atoms with E-state index in [1.54, 1.807) is 12.1 Å². The number of hydrogen-bond acceptors (Lipinski definition) is 7. The molecule has 6 rings (SSSR count). The lowest BCUT2D eigenvalue weighted by molar-refractivity contribution is -0.203. The highest BCUT2D eigenvalue weighted by Crippen LogP contribution is 2.68. The zero-order chi connectivity index (χ0) is 33.0. The van der Waals surface area contributed by atoms with Gasteiger partial charge >= 0.3 is 6.03 Å². The van der Waals surface area contributed by atoms with Crippen LogP contribution in [-0.4, -0.2) is 62.2 Å². The molecule has 10 heteroatoms. The predicted octanol–water partition coefficient (Wildman–Crippen LogP) is 5.56. The number of hydrogen-bond donors (Lipinski definition) is 5. The fourth-order valence-corrected chi connectivity index (χ4v) is 12.3. The van der Waals surface area contributed by atoms with Crippen LogP contribution in [0.5, 0.6) is 0 Å². The summed E-state index contributed by atoms with van der Waals surface area (Å²) in [4.78, 5) is 15.2. The molecule has 5 aliphatic rings. The molecule has 1 heterocycles. The Bertz CT molecular complexity index is 1400. The fourth-order valence-electron chi connectivity index (χ4n) is 11.4. The van der Waals surface area contributed by atoms with Gasteiger partial charge in [-0.3, -0.25) is 0 Å². The maximum absolute atomic E-state index is 13.0. The van der Waals surface area contributed by atoms with Gasteiger partial charge in [0, 0.05) is 37.0 Å². The van der Waals surface area contributed by atoms with Crippen LogP contribution in [-0.2, 0) is 10.0 Å². The van der Waals surface area contributed by atoms with Crippen molar-refractivity contribution in [3.63, 3.8) is 0 Å². The van der Waals surface area contributed by atoms with Gasteiger partial charge in [-0.05, 0) is 128 Å². The van der Waals surface area contributed by atoms with Gasteiger partial charge in [0.25, 0.3) is 10.0 Å². The minimum absolute atomic E-state index is 0.0522. The first-order valence-corrected chi connectivity index (χ1v) is 19.4. The first-order valence-electron chi connectivity index (χ1n) is 17.9. The van der Waals surface area contributed by atoms with Gasteiger partial charge in [0.2, 0.25) is 0 Å². The van der Waals surface area contributed by atoms with Crippen LogP contribution in [0.2, 0.25) is 0 Å². The first kappa shape index (κ1) is 33.7. The van der Waals surface area contributed by atoms with Gasteiger partial charge in [0.15, 0.2) is 0 Å². The number of sulfonamides is 1. The summed E-state index contributed by atoms with van der Waals surface area (Å²) in [7, 11) is -4.03. The second-order valence-electron chi connectivity index (χ2n) is 16.0. The third-order valence-corrected chi connectivity index (χ3v) is 14.9. The van der Waals surface area contributed by atoms with Crippen LogP contribution >= 0.6 is 0 Å². The van der Waals surface area contributed by atoms with Gasteiger partial charge in [-0.1, -0.05) is 34.1 Å². The van der Waals surface area contributed by atoms with Crippen LogP contribution in [0.4, 0.5) is 10.5 Å². The number of rotatable bonds is 7. The van der Waals surface area contributed by atoms with Gasteiger partial charge in [0.1, 0.15) is 0 Å². The van der Waals surface area contributed by atoms with E-state index >= 15 is 0 Å². The molecule has 5 N–H and O–H groups in total. The van der Waals surface area contributed by atoms with E-state index < -0.39 is 22.2 Å². The normalized spacial score (nSPS) is 40.0. The number of urea groups is 1. The number of benzene rings is 1. The summed E-state index contributed by atoms with van der Waals surface area (Å²) in [5.41, 5.74) is 1.61. The average molecular weight is 657 g/mol. The zero-order valence-corrected chi connectivity index (χ0v) is 29.0. The molecule has 1 aromatic carbocycles. The second kappa shape index (κ2) is 12.7. The Kier molecular flexibility index (Phi) is 9.31. The number of anilines is 1. The molecule has 0 bridgehead atoms. The Balaban J connectivity index is 1.11. The van der Waals surface area contributed by atoms with Gasteiger partial charge in [-0.2, -0.15) is 0 Å². The van der Waals surface area contributed by atoms with Crippen molar-refractivity contribution in [1.82, 2.24) is 10.0 Å². The number of carbonyl (C=O) groups is 1. The van der Waals surface area contributed by atoms with E-state index in [9.17, 15) is 28.8 Å². The van der Waals surface area contributed by atoms with E-state index in [4.69, 9.17) is 0 Å². The van der Waals surface area contributed by atoms with Gasteiger partial charge in [0.05, 0.1) is 17.1 Å². The van der Waals surface area contributed by atoms with Crippen LogP contribution < -0.4 is 14.9 Å². The first-order chi connectivity index (χ1) is 21.8. The highest BCUT2D eigenvalue weighted by atomic mass is 32.2. The standard InChI is InChI=1S/C36H56N4O5S/c1-5-26-28-19-24(41)13-15-35(28,3)27-14-16-36(4)29(31(27)33(26)42)20-30(37)32(36)22(2)21-38-34(43)39-46(44,45)25-11-9-23(10-12-25)40-17-7-6-8-18-40/h9-12,22,24,26-29,31-33,37,41-42H,5-8,13-21H2,1-4H3,(H2,38,39,43)/t22-,24-,26-,27?,28+,29+,31?,32?,33-,35?,36+/m1/s1. The van der Waals surface area contributed by atoms with Crippen molar-refractivity contribution in [1.29, 1.82) is 5.41 Å². The number of nitrogens with zero attached hydrogens (tertiary/aromatic N) is 1. The summed E-state index contributed by atoms with van der Waals surface area (Å²) in [6.45, 7) is 11.1. The van der Waals surface area contributed by atoms with Crippen LogP contribution in [0.3, 0.4) is 0 Å². The molecule has 1 aliphatic heterocycles. The van der Waals surface area contributed by atoms with Crippen molar-refractivity contribution < 1.29 is 23.4 Å².